The van der Waals surface area contributed by atoms with Crippen LogP contribution in [0, 0.1) is 0 Å². The molecule has 0 aromatic rings. The third kappa shape index (κ3) is 2.90. The molecule has 0 fully saturated rings. The molecule has 3 atom stereocenters. The molecule has 0 aromatic carbocycles. The molecule has 0 saturated heterocycles. The average Bonchev–Trinajstić information content (AvgIpc) is 2.23. The van der Waals surface area contributed by atoms with Crippen LogP contribution in [0.1, 0.15) is 0 Å². The third-order valence-corrected chi connectivity index (χ3v) is 1.40. The molecule has 0 rings (SSSR count). The molecule has 9 nitrogen and oxygen atoms in total. The van der Waals surface area contributed by atoms with Gasteiger partial charge in [0.15, 0.2) is 12.2 Å². The van der Waals surface area contributed by atoms with E-state index in [1.807, 2.05) is 0 Å². The van der Waals surface area contributed by atoms with Crippen LogP contribution >= 0.6 is 0 Å². The Morgan fingerprint density at radius 3 is 1.36 bits per heavy atom. The van der Waals surface area contributed by atoms with Gasteiger partial charge in [-0.2, -0.15) is 0 Å². The summed E-state index contributed by atoms with van der Waals surface area (Å²) in [6, 6.07) is 0. The first-order valence-electron chi connectivity index (χ1n) is 3.37. The van der Waals surface area contributed by atoms with Crippen LogP contribution in [-0.4, -0.2) is 55.9 Å². The number of hydrogen-bond donors (Lipinski definition) is 7. The molecular formula is C5H10N2O7. The lowest BCUT2D eigenvalue weighted by molar-refractivity contribution is -0.158. The van der Waals surface area contributed by atoms with Crippen LogP contribution in [0.3, 0.4) is 0 Å². The van der Waals surface area contributed by atoms with Gasteiger partial charge in [0.05, 0.1) is 0 Å². The molecule has 0 saturated carbocycles. The first kappa shape index (κ1) is 12.7. The summed E-state index contributed by atoms with van der Waals surface area (Å²) < 4.78 is 0. The van der Waals surface area contributed by atoms with E-state index in [1.54, 1.807) is 0 Å². The number of aliphatic hydroxyl groups excluding tert-OH is 3. The fourth-order valence-electron chi connectivity index (χ4n) is 0.615. The summed E-state index contributed by atoms with van der Waals surface area (Å²) in [6.45, 7) is 0. The lowest BCUT2D eigenvalue weighted by atomic mass is 10.1. The summed E-state index contributed by atoms with van der Waals surface area (Å²) in [5.41, 5.74) is 2.01. The van der Waals surface area contributed by atoms with Crippen LogP contribution in [0.15, 0.2) is 0 Å². The zero-order valence-corrected chi connectivity index (χ0v) is 6.78. The van der Waals surface area contributed by atoms with Crippen molar-refractivity contribution in [3.8, 4) is 0 Å². The minimum absolute atomic E-state index is 1.00. The Morgan fingerprint density at radius 2 is 1.14 bits per heavy atom. The van der Waals surface area contributed by atoms with Gasteiger partial charge in [0, 0.05) is 0 Å². The maximum Gasteiger partial charge on any atom is 0.274 e. The van der Waals surface area contributed by atoms with Crippen LogP contribution in [-0.2, 0) is 9.59 Å². The Morgan fingerprint density at radius 1 is 0.857 bits per heavy atom. The topological polar surface area (TPSA) is 159 Å². The van der Waals surface area contributed by atoms with E-state index in [0.717, 1.165) is 11.0 Å². The summed E-state index contributed by atoms with van der Waals surface area (Å²) in [4.78, 5) is 21.0. The zero-order valence-electron chi connectivity index (χ0n) is 6.78. The van der Waals surface area contributed by atoms with Crippen molar-refractivity contribution in [2.45, 2.75) is 18.3 Å². The largest absolute Gasteiger partial charge is 0.387 e. The highest BCUT2D eigenvalue weighted by atomic mass is 16.5. The maximum atomic E-state index is 10.5. The molecule has 0 spiro atoms. The molecule has 0 unspecified atom stereocenters. The van der Waals surface area contributed by atoms with Crippen molar-refractivity contribution in [3.05, 3.63) is 0 Å². The van der Waals surface area contributed by atoms with E-state index in [0.29, 0.717) is 0 Å². The summed E-state index contributed by atoms with van der Waals surface area (Å²) in [5.74, 6) is -2.80. The molecule has 82 valence electrons. The molecule has 0 aliphatic heterocycles. The van der Waals surface area contributed by atoms with Gasteiger partial charge in [-0.05, 0) is 0 Å². The van der Waals surface area contributed by atoms with Crippen LogP contribution in [0.25, 0.3) is 0 Å². The predicted octanol–water partition coefficient (Wildman–Crippen LogP) is -3.92. The summed E-state index contributed by atoms with van der Waals surface area (Å²) in [7, 11) is 0. The Labute approximate surface area is 77.5 Å². The molecule has 7 N–H and O–H groups in total. The van der Waals surface area contributed by atoms with Gasteiger partial charge in [0.2, 0.25) is 0 Å². The summed E-state index contributed by atoms with van der Waals surface area (Å²) in [6.07, 6.45) is -6.58. The molecule has 0 aliphatic carbocycles. The minimum atomic E-state index is -2.20. The number of carbonyl (C=O) groups is 2. The molecule has 9 heteroatoms. The highest BCUT2D eigenvalue weighted by molar-refractivity contribution is 5.84. The highest BCUT2D eigenvalue weighted by Crippen LogP contribution is 2.00. The Balaban J connectivity index is 4.37. The first-order chi connectivity index (χ1) is 6.45. The van der Waals surface area contributed by atoms with Gasteiger partial charge in [-0.15, -0.1) is 0 Å². The quantitative estimate of drug-likeness (QED) is 0.184. The van der Waals surface area contributed by atoms with Crippen LogP contribution in [0.2, 0.25) is 0 Å². The molecule has 2 amide bonds. The van der Waals surface area contributed by atoms with Gasteiger partial charge in [0.25, 0.3) is 11.8 Å². The number of rotatable bonds is 4. The number of nitrogens with one attached hydrogen (secondary N) is 2. The molecule has 0 bridgehead atoms. The lowest BCUT2D eigenvalue weighted by Gasteiger charge is -2.19. The van der Waals surface area contributed by atoms with E-state index < -0.39 is 30.1 Å². The number of hydroxylamine groups is 2. The van der Waals surface area contributed by atoms with Gasteiger partial charge < -0.3 is 15.3 Å². The van der Waals surface area contributed by atoms with Crippen LogP contribution < -0.4 is 11.0 Å². The SMILES string of the molecule is O=C(NO)[C@@H](O)[C@H](O)[C@@H](O)C(=O)NO. The minimum Gasteiger partial charge on any atom is -0.387 e. The summed E-state index contributed by atoms with van der Waals surface area (Å²) in [5, 5.41) is 42.7. The zero-order chi connectivity index (χ0) is 11.3. The predicted molar refractivity (Wildman–Crippen MR) is 37.9 cm³/mol. The molecule has 0 heterocycles. The van der Waals surface area contributed by atoms with E-state index in [9.17, 15) is 9.59 Å². The summed E-state index contributed by atoms with van der Waals surface area (Å²) >= 11 is 0. The molecular weight excluding hydrogens is 200 g/mol. The van der Waals surface area contributed by atoms with E-state index in [4.69, 9.17) is 25.7 Å². The normalized spacial score (nSPS) is 16.6. The lowest BCUT2D eigenvalue weighted by Crippen LogP contribution is -2.51. The molecule has 0 aliphatic rings. The number of carbonyl (C=O) groups excluding carboxylic acids is 2. The van der Waals surface area contributed by atoms with Gasteiger partial charge in [-0.1, -0.05) is 0 Å². The number of hydrogen-bond acceptors (Lipinski definition) is 7. The van der Waals surface area contributed by atoms with Crippen LogP contribution in [0.4, 0.5) is 0 Å². The fraction of sp³-hybridized carbons (Fsp3) is 0.600. The number of amides is 2. The average molecular weight is 210 g/mol. The molecule has 0 radical (unpaired) electrons. The smallest absolute Gasteiger partial charge is 0.274 e. The van der Waals surface area contributed by atoms with Gasteiger partial charge in [-0.3, -0.25) is 20.0 Å². The van der Waals surface area contributed by atoms with Crippen LogP contribution in [0.5, 0.6) is 0 Å². The van der Waals surface area contributed by atoms with Crippen molar-refractivity contribution in [1.82, 2.24) is 11.0 Å². The van der Waals surface area contributed by atoms with E-state index in [1.165, 1.54) is 0 Å². The van der Waals surface area contributed by atoms with Crippen molar-refractivity contribution in [3.63, 3.8) is 0 Å². The maximum absolute atomic E-state index is 10.5. The van der Waals surface area contributed by atoms with Crippen molar-refractivity contribution in [2.24, 2.45) is 0 Å². The van der Waals surface area contributed by atoms with Crippen molar-refractivity contribution in [2.75, 3.05) is 0 Å². The second kappa shape index (κ2) is 5.47. The number of aliphatic hydroxyl groups is 3. The Bertz CT molecular complexity index is 198. The Hall–Kier alpha value is -1.26. The standard InChI is InChI=1S/C5H10N2O7/c8-1(2(9)4(11)6-13)3(10)5(12)7-14/h1-3,8-10,13-14H,(H,6,11)(H,7,12)/t1-,2-,3+. The third-order valence-electron chi connectivity index (χ3n) is 1.40. The van der Waals surface area contributed by atoms with E-state index >= 15 is 0 Å². The fourth-order valence-corrected chi connectivity index (χ4v) is 0.615. The van der Waals surface area contributed by atoms with E-state index in [2.05, 4.69) is 0 Å². The van der Waals surface area contributed by atoms with Crippen molar-refractivity contribution < 1.29 is 35.3 Å². The molecule has 0 aromatic heterocycles. The second-order valence-electron chi connectivity index (χ2n) is 2.33. The van der Waals surface area contributed by atoms with Crippen molar-refractivity contribution in [1.29, 1.82) is 0 Å². The van der Waals surface area contributed by atoms with Gasteiger partial charge >= 0.3 is 0 Å². The van der Waals surface area contributed by atoms with Gasteiger partial charge in [0.1, 0.15) is 6.10 Å². The van der Waals surface area contributed by atoms with Gasteiger partial charge in [-0.25, -0.2) is 11.0 Å². The molecule has 14 heavy (non-hydrogen) atoms. The van der Waals surface area contributed by atoms with Crippen molar-refractivity contribution >= 4 is 11.8 Å². The monoisotopic (exact) mass is 210 g/mol. The van der Waals surface area contributed by atoms with E-state index in [-0.39, 0.29) is 0 Å². The first-order valence-corrected chi connectivity index (χ1v) is 3.37. The Kier molecular flexibility index (Phi) is 4.97. The second-order valence-corrected chi connectivity index (χ2v) is 2.33. The highest BCUT2D eigenvalue weighted by Gasteiger charge is 2.34.